The van der Waals surface area contributed by atoms with Gasteiger partial charge in [-0.2, -0.15) is 0 Å². The fourth-order valence-corrected chi connectivity index (χ4v) is 1.89. The minimum Gasteiger partial charge on any atom is -0.347 e. The second-order valence-corrected chi connectivity index (χ2v) is 4.97. The molecule has 23 heavy (non-hydrogen) atoms. The molecule has 2 amide bonds. The third-order valence-corrected chi connectivity index (χ3v) is 3.09. The van der Waals surface area contributed by atoms with E-state index < -0.39 is 11.9 Å². The molecule has 0 saturated carbocycles. The smallest absolute Gasteiger partial charge is 0.240 e. The number of amides is 2. The van der Waals surface area contributed by atoms with Crippen LogP contribution in [0.1, 0.15) is 32.1 Å². The van der Waals surface area contributed by atoms with Crippen molar-refractivity contribution in [2.45, 2.75) is 44.7 Å². The number of unbranched alkanes of at least 4 members (excludes halogenated alkanes) is 2. The molecule has 8 nitrogen and oxygen atoms in total. The van der Waals surface area contributed by atoms with Crippen molar-refractivity contribution in [2.24, 2.45) is 0 Å². The second-order valence-electron chi connectivity index (χ2n) is 4.97. The molecule has 0 saturated heterocycles. The Morgan fingerprint density at radius 2 is 2.00 bits per heavy atom. The van der Waals surface area contributed by atoms with Gasteiger partial charge in [0.2, 0.25) is 24.4 Å². The van der Waals surface area contributed by atoms with Crippen LogP contribution < -0.4 is 10.6 Å². The van der Waals surface area contributed by atoms with Crippen LogP contribution in [0.3, 0.4) is 0 Å². The molecular formula is C15H20N4O4. The van der Waals surface area contributed by atoms with Crippen molar-refractivity contribution in [3.63, 3.8) is 0 Å². The molecule has 0 aliphatic rings. The molecule has 1 heterocycles. The van der Waals surface area contributed by atoms with Crippen molar-refractivity contribution >= 4 is 24.4 Å². The van der Waals surface area contributed by atoms with Gasteiger partial charge in [-0.1, -0.05) is 6.42 Å². The van der Waals surface area contributed by atoms with E-state index in [1.807, 2.05) is 10.8 Å². The molecular weight excluding hydrogens is 300 g/mol. The van der Waals surface area contributed by atoms with Crippen molar-refractivity contribution in [3.05, 3.63) is 18.7 Å². The molecule has 0 bridgehead atoms. The second kappa shape index (κ2) is 11.1. The molecule has 0 unspecified atom stereocenters. The van der Waals surface area contributed by atoms with Crippen molar-refractivity contribution < 1.29 is 19.2 Å². The number of aromatic nitrogens is 2. The van der Waals surface area contributed by atoms with E-state index >= 15 is 0 Å². The maximum absolute atomic E-state index is 11.6. The van der Waals surface area contributed by atoms with E-state index in [9.17, 15) is 19.2 Å². The molecule has 1 aromatic heterocycles. The lowest BCUT2D eigenvalue weighted by atomic mass is 10.2. The van der Waals surface area contributed by atoms with Crippen molar-refractivity contribution in [1.29, 1.82) is 0 Å². The van der Waals surface area contributed by atoms with Gasteiger partial charge in [0.25, 0.3) is 0 Å². The van der Waals surface area contributed by atoms with Gasteiger partial charge in [0.15, 0.2) is 0 Å². The third kappa shape index (κ3) is 8.50. The fourth-order valence-electron chi connectivity index (χ4n) is 1.89. The van der Waals surface area contributed by atoms with Gasteiger partial charge >= 0.3 is 0 Å². The summed E-state index contributed by atoms with van der Waals surface area (Å²) in [6.07, 6.45) is 11.1. The zero-order chi connectivity index (χ0) is 16.9. The minimum absolute atomic E-state index is 0.226. The quantitative estimate of drug-likeness (QED) is 0.512. The number of hydrogen-bond acceptors (Lipinski definition) is 5. The Morgan fingerprint density at radius 1 is 1.17 bits per heavy atom. The highest BCUT2D eigenvalue weighted by Crippen LogP contribution is 2.02. The number of nitrogens with one attached hydrogen (secondary N) is 2. The summed E-state index contributed by atoms with van der Waals surface area (Å²) < 4.78 is 1.97. The first-order valence-corrected chi connectivity index (χ1v) is 7.40. The van der Waals surface area contributed by atoms with E-state index in [2.05, 4.69) is 15.6 Å². The highest BCUT2D eigenvalue weighted by Gasteiger charge is 2.12. The summed E-state index contributed by atoms with van der Waals surface area (Å²) in [4.78, 5) is 47.6. The number of aryl methyl sites for hydroxylation is 1. The Kier molecular flexibility index (Phi) is 8.95. The van der Waals surface area contributed by atoms with E-state index in [1.54, 1.807) is 12.5 Å². The number of rotatable bonds is 12. The summed E-state index contributed by atoms with van der Waals surface area (Å²) in [5, 5.41) is 4.73. The molecule has 2 radical (unpaired) electrons. The Morgan fingerprint density at radius 3 is 2.65 bits per heavy atom. The van der Waals surface area contributed by atoms with Gasteiger partial charge < -0.3 is 15.2 Å². The van der Waals surface area contributed by atoms with Crippen LogP contribution >= 0.6 is 0 Å². The minimum atomic E-state index is -1.01. The number of carbonyl (C=O) groups excluding carboxylic acids is 4. The Bertz CT molecular complexity index is 502. The highest BCUT2D eigenvalue weighted by molar-refractivity contribution is 5.86. The van der Waals surface area contributed by atoms with Crippen molar-refractivity contribution in [2.75, 3.05) is 6.54 Å². The summed E-state index contributed by atoms with van der Waals surface area (Å²) in [6.45, 7) is 0.631. The maximum atomic E-state index is 11.6. The average Bonchev–Trinajstić information content (AvgIpc) is 3.05. The Balaban J connectivity index is 2.05. The van der Waals surface area contributed by atoms with E-state index in [1.165, 1.54) is 12.6 Å². The van der Waals surface area contributed by atoms with Gasteiger partial charge in [-0.15, -0.1) is 0 Å². The fraction of sp³-hybridized carbons (Fsp3) is 0.533. The van der Waals surface area contributed by atoms with Crippen LogP contribution in [0.15, 0.2) is 18.7 Å². The molecule has 1 aromatic rings. The van der Waals surface area contributed by atoms with Crippen molar-refractivity contribution in [1.82, 2.24) is 20.2 Å². The van der Waals surface area contributed by atoms with Gasteiger partial charge in [-0.25, -0.2) is 4.98 Å². The predicted molar refractivity (Wildman–Crippen MR) is 81.6 cm³/mol. The molecule has 124 valence electrons. The van der Waals surface area contributed by atoms with Gasteiger partial charge in [-0.05, 0) is 12.8 Å². The first-order chi connectivity index (χ1) is 11.2. The summed E-state index contributed by atoms with van der Waals surface area (Å²) >= 11 is 0. The SMILES string of the molecule is O=[C]C[C@@H]([C]=O)NC(=O)CNC(=O)CCCCCn1ccnc1. The molecule has 2 N–H and O–H groups in total. The zero-order valence-electron chi connectivity index (χ0n) is 12.8. The number of imidazole rings is 1. The molecule has 0 aromatic carbocycles. The summed E-state index contributed by atoms with van der Waals surface area (Å²) in [7, 11) is 0. The standard InChI is InChI=1S/C15H20N4O4/c20-9-5-13(11-21)18-15(23)10-17-14(22)4-2-1-3-7-19-8-6-16-12-19/h6,8,12-13H,1-5,7,10H2,(H,17,22)(H,18,23)/t13-/m0/s1. The van der Waals surface area contributed by atoms with Crippen LogP contribution in [-0.2, 0) is 25.7 Å². The van der Waals surface area contributed by atoms with Crippen LogP contribution in [0.2, 0.25) is 0 Å². The highest BCUT2D eigenvalue weighted by atomic mass is 16.2. The topological polar surface area (TPSA) is 110 Å². The van der Waals surface area contributed by atoms with E-state index in [0.29, 0.717) is 6.42 Å². The number of nitrogens with zero attached hydrogens (tertiary/aromatic N) is 2. The van der Waals surface area contributed by atoms with E-state index in [4.69, 9.17) is 0 Å². The third-order valence-electron chi connectivity index (χ3n) is 3.09. The number of hydrogen-bond donors (Lipinski definition) is 2. The lowest BCUT2D eigenvalue weighted by Crippen LogP contribution is -2.42. The first-order valence-electron chi connectivity index (χ1n) is 7.40. The molecule has 0 spiro atoms. The summed E-state index contributed by atoms with van der Waals surface area (Å²) in [5.74, 6) is -0.765. The lowest BCUT2D eigenvalue weighted by molar-refractivity contribution is -0.126. The van der Waals surface area contributed by atoms with Gasteiger partial charge in [0.1, 0.15) is 6.04 Å². The van der Waals surface area contributed by atoms with Crippen LogP contribution in [0.4, 0.5) is 0 Å². The molecule has 1 rings (SSSR count). The molecule has 8 heteroatoms. The van der Waals surface area contributed by atoms with E-state index in [0.717, 1.165) is 25.8 Å². The van der Waals surface area contributed by atoms with Crippen LogP contribution in [0.5, 0.6) is 0 Å². The Labute approximate surface area is 134 Å². The molecule has 1 atom stereocenters. The largest absolute Gasteiger partial charge is 0.347 e. The summed E-state index contributed by atoms with van der Waals surface area (Å²) in [5.41, 5.74) is 0. The predicted octanol–water partition coefficient (Wildman–Crippen LogP) is -0.346. The Hall–Kier alpha value is -2.51. The molecule has 0 fully saturated rings. The first kappa shape index (κ1) is 18.5. The van der Waals surface area contributed by atoms with Crippen molar-refractivity contribution in [3.8, 4) is 0 Å². The van der Waals surface area contributed by atoms with Gasteiger partial charge in [-0.3, -0.25) is 19.2 Å². The van der Waals surface area contributed by atoms with Gasteiger partial charge in [0, 0.05) is 31.8 Å². The van der Waals surface area contributed by atoms with Crippen LogP contribution in [-0.4, -0.2) is 46.5 Å². The van der Waals surface area contributed by atoms with Crippen LogP contribution in [0.25, 0.3) is 0 Å². The van der Waals surface area contributed by atoms with Gasteiger partial charge in [0.05, 0.1) is 12.9 Å². The van der Waals surface area contributed by atoms with Crippen LogP contribution in [0, 0.1) is 0 Å². The average molecular weight is 320 g/mol. The molecule has 0 aliphatic carbocycles. The maximum Gasteiger partial charge on any atom is 0.240 e. The number of carbonyl (C=O) groups is 2. The van der Waals surface area contributed by atoms with E-state index in [-0.39, 0.29) is 18.9 Å². The lowest BCUT2D eigenvalue weighted by Gasteiger charge is -2.09. The zero-order valence-corrected chi connectivity index (χ0v) is 12.8. The summed E-state index contributed by atoms with van der Waals surface area (Å²) in [6, 6.07) is -1.01. The monoisotopic (exact) mass is 320 g/mol. The molecule has 0 aliphatic heterocycles. The normalized spacial score (nSPS) is 11.5.